The van der Waals surface area contributed by atoms with E-state index < -0.39 is 0 Å². The van der Waals surface area contributed by atoms with Crippen molar-refractivity contribution in [3.63, 3.8) is 0 Å². The summed E-state index contributed by atoms with van der Waals surface area (Å²) in [7, 11) is 0. The van der Waals surface area contributed by atoms with Crippen molar-refractivity contribution in [2.24, 2.45) is 0 Å². The third kappa shape index (κ3) is 1.64. The van der Waals surface area contributed by atoms with Gasteiger partial charge in [-0.2, -0.15) is 0 Å². The molecule has 2 aliphatic rings. The molecule has 1 aliphatic heterocycles. The summed E-state index contributed by atoms with van der Waals surface area (Å²) in [5, 5.41) is 7.38. The first kappa shape index (κ1) is 8.52. The van der Waals surface area contributed by atoms with Gasteiger partial charge >= 0.3 is 0 Å². The van der Waals surface area contributed by atoms with Crippen LogP contribution in [0.3, 0.4) is 0 Å². The van der Waals surface area contributed by atoms with E-state index >= 15 is 0 Å². The van der Waals surface area contributed by atoms with Gasteiger partial charge < -0.3 is 10.6 Å². The SMILES string of the molecule is CC1(C)CN[C@@H]2CCCC[C@H]2N1. The number of hydrogen-bond donors (Lipinski definition) is 2. The highest BCUT2D eigenvalue weighted by Crippen LogP contribution is 2.23. The molecule has 0 aromatic carbocycles. The quantitative estimate of drug-likeness (QED) is 0.569. The van der Waals surface area contributed by atoms with Crippen LogP contribution in [0.4, 0.5) is 0 Å². The van der Waals surface area contributed by atoms with Gasteiger partial charge in [0.05, 0.1) is 0 Å². The molecule has 2 heteroatoms. The lowest BCUT2D eigenvalue weighted by atomic mass is 9.85. The molecule has 0 radical (unpaired) electrons. The summed E-state index contributed by atoms with van der Waals surface area (Å²) in [6.07, 6.45) is 5.55. The van der Waals surface area contributed by atoms with Crippen molar-refractivity contribution in [2.75, 3.05) is 6.54 Å². The summed E-state index contributed by atoms with van der Waals surface area (Å²) in [6.45, 7) is 5.68. The first-order valence-corrected chi connectivity index (χ1v) is 5.18. The lowest BCUT2D eigenvalue weighted by Gasteiger charge is -2.45. The number of piperazine rings is 1. The van der Waals surface area contributed by atoms with Crippen LogP contribution in [-0.2, 0) is 0 Å². The molecule has 1 saturated heterocycles. The molecule has 2 rings (SSSR count). The van der Waals surface area contributed by atoms with Gasteiger partial charge in [-0.25, -0.2) is 0 Å². The van der Waals surface area contributed by atoms with Crippen LogP contribution in [0.15, 0.2) is 0 Å². The van der Waals surface area contributed by atoms with E-state index in [1.165, 1.54) is 25.7 Å². The van der Waals surface area contributed by atoms with Crippen LogP contribution in [0.1, 0.15) is 39.5 Å². The molecule has 2 atom stereocenters. The second kappa shape index (κ2) is 3.00. The molecule has 70 valence electrons. The lowest BCUT2D eigenvalue weighted by molar-refractivity contribution is 0.169. The van der Waals surface area contributed by atoms with Gasteiger partial charge in [-0.05, 0) is 26.7 Å². The summed E-state index contributed by atoms with van der Waals surface area (Å²) < 4.78 is 0. The number of hydrogen-bond acceptors (Lipinski definition) is 2. The Morgan fingerprint density at radius 1 is 1.08 bits per heavy atom. The highest BCUT2D eigenvalue weighted by atomic mass is 15.1. The zero-order valence-corrected chi connectivity index (χ0v) is 8.19. The Balaban J connectivity index is 1.99. The molecule has 0 aromatic rings. The summed E-state index contributed by atoms with van der Waals surface area (Å²) in [5.41, 5.74) is 0.304. The van der Waals surface area contributed by atoms with E-state index in [-0.39, 0.29) is 0 Å². The van der Waals surface area contributed by atoms with E-state index in [0.717, 1.165) is 18.6 Å². The van der Waals surface area contributed by atoms with Crippen molar-refractivity contribution < 1.29 is 0 Å². The normalized spacial score (nSPS) is 40.5. The van der Waals surface area contributed by atoms with Crippen molar-refractivity contribution in [3.05, 3.63) is 0 Å². The monoisotopic (exact) mass is 168 g/mol. The first-order valence-electron chi connectivity index (χ1n) is 5.18. The predicted molar refractivity (Wildman–Crippen MR) is 51.3 cm³/mol. The Hall–Kier alpha value is -0.0800. The van der Waals surface area contributed by atoms with Crippen LogP contribution in [0.25, 0.3) is 0 Å². The molecular weight excluding hydrogens is 148 g/mol. The second-order valence-electron chi connectivity index (χ2n) is 4.91. The molecule has 2 nitrogen and oxygen atoms in total. The molecule has 0 bridgehead atoms. The molecular formula is C10H20N2. The predicted octanol–water partition coefficient (Wildman–Crippen LogP) is 1.27. The van der Waals surface area contributed by atoms with Gasteiger partial charge in [-0.1, -0.05) is 12.8 Å². The number of rotatable bonds is 0. The van der Waals surface area contributed by atoms with E-state index in [1.807, 2.05) is 0 Å². The molecule has 0 amide bonds. The first-order chi connectivity index (χ1) is 5.67. The van der Waals surface area contributed by atoms with Crippen LogP contribution in [-0.4, -0.2) is 24.2 Å². The summed E-state index contributed by atoms with van der Waals surface area (Å²) in [6, 6.07) is 1.49. The van der Waals surface area contributed by atoms with Gasteiger partial charge in [-0.15, -0.1) is 0 Å². The fourth-order valence-corrected chi connectivity index (χ4v) is 2.49. The average Bonchev–Trinajstić information content (AvgIpc) is 2.02. The Morgan fingerprint density at radius 3 is 2.50 bits per heavy atom. The maximum absolute atomic E-state index is 3.73. The van der Waals surface area contributed by atoms with Crippen molar-refractivity contribution in [1.82, 2.24) is 10.6 Å². The van der Waals surface area contributed by atoms with Gasteiger partial charge in [0.25, 0.3) is 0 Å². The van der Waals surface area contributed by atoms with E-state index in [0.29, 0.717) is 5.54 Å². The van der Waals surface area contributed by atoms with E-state index in [9.17, 15) is 0 Å². The van der Waals surface area contributed by atoms with Crippen LogP contribution in [0.2, 0.25) is 0 Å². The zero-order valence-electron chi connectivity index (χ0n) is 8.19. The van der Waals surface area contributed by atoms with Gasteiger partial charge in [0.1, 0.15) is 0 Å². The molecule has 0 spiro atoms. The van der Waals surface area contributed by atoms with Crippen molar-refractivity contribution >= 4 is 0 Å². The van der Waals surface area contributed by atoms with Crippen LogP contribution < -0.4 is 10.6 Å². The Bertz CT molecular complexity index is 165. The fourth-order valence-electron chi connectivity index (χ4n) is 2.49. The highest BCUT2D eigenvalue weighted by Gasteiger charge is 2.34. The van der Waals surface area contributed by atoms with Gasteiger partial charge in [0, 0.05) is 24.2 Å². The molecule has 2 N–H and O–H groups in total. The van der Waals surface area contributed by atoms with Crippen molar-refractivity contribution in [2.45, 2.75) is 57.2 Å². The summed E-state index contributed by atoms with van der Waals surface area (Å²) in [4.78, 5) is 0. The third-order valence-corrected chi connectivity index (χ3v) is 3.15. The van der Waals surface area contributed by atoms with Crippen LogP contribution in [0, 0.1) is 0 Å². The molecule has 1 aliphatic carbocycles. The lowest BCUT2D eigenvalue weighted by Crippen LogP contribution is -2.66. The standard InChI is InChI=1S/C10H20N2/c1-10(2)7-11-8-5-3-4-6-9(8)12-10/h8-9,11-12H,3-7H2,1-2H3/t8-,9-/m1/s1. The van der Waals surface area contributed by atoms with Crippen molar-refractivity contribution in [1.29, 1.82) is 0 Å². The van der Waals surface area contributed by atoms with Crippen LogP contribution in [0.5, 0.6) is 0 Å². The smallest absolute Gasteiger partial charge is 0.0252 e. The molecule has 1 heterocycles. The average molecular weight is 168 g/mol. The van der Waals surface area contributed by atoms with Crippen LogP contribution >= 0.6 is 0 Å². The Labute approximate surface area is 75.1 Å². The minimum Gasteiger partial charge on any atom is -0.311 e. The van der Waals surface area contributed by atoms with Gasteiger partial charge in [0.15, 0.2) is 0 Å². The molecule has 0 aromatic heterocycles. The van der Waals surface area contributed by atoms with E-state index in [1.54, 1.807) is 0 Å². The van der Waals surface area contributed by atoms with Gasteiger partial charge in [0.2, 0.25) is 0 Å². The maximum atomic E-state index is 3.73. The second-order valence-corrected chi connectivity index (χ2v) is 4.91. The zero-order chi connectivity index (χ0) is 8.60. The van der Waals surface area contributed by atoms with Gasteiger partial charge in [-0.3, -0.25) is 0 Å². The van der Waals surface area contributed by atoms with E-state index in [2.05, 4.69) is 24.5 Å². The fraction of sp³-hybridized carbons (Fsp3) is 1.00. The molecule has 12 heavy (non-hydrogen) atoms. The molecule has 2 fully saturated rings. The van der Waals surface area contributed by atoms with Crippen molar-refractivity contribution in [3.8, 4) is 0 Å². The summed E-state index contributed by atoms with van der Waals surface area (Å²) in [5.74, 6) is 0. The number of fused-ring (bicyclic) bond motifs is 1. The Kier molecular flexibility index (Phi) is 2.13. The Morgan fingerprint density at radius 2 is 1.75 bits per heavy atom. The minimum absolute atomic E-state index is 0.304. The molecule has 0 unspecified atom stereocenters. The third-order valence-electron chi connectivity index (χ3n) is 3.15. The van der Waals surface area contributed by atoms with E-state index in [4.69, 9.17) is 0 Å². The molecule has 1 saturated carbocycles. The number of nitrogens with one attached hydrogen (secondary N) is 2. The largest absolute Gasteiger partial charge is 0.311 e. The topological polar surface area (TPSA) is 24.1 Å². The minimum atomic E-state index is 0.304. The maximum Gasteiger partial charge on any atom is 0.0252 e. The summed E-state index contributed by atoms with van der Waals surface area (Å²) >= 11 is 0. The highest BCUT2D eigenvalue weighted by molar-refractivity contribution is 4.98.